The molecule has 0 radical (unpaired) electrons. The van der Waals surface area contributed by atoms with Crippen LogP contribution in [0.15, 0.2) is 34.0 Å². The summed E-state index contributed by atoms with van der Waals surface area (Å²) in [6.07, 6.45) is 5.43. The van der Waals surface area contributed by atoms with Crippen LogP contribution in [-0.4, -0.2) is 29.1 Å². The lowest BCUT2D eigenvalue weighted by molar-refractivity contribution is 0.419. The van der Waals surface area contributed by atoms with E-state index in [1.54, 1.807) is 23.7 Å². The monoisotopic (exact) mass is 290 g/mol. The van der Waals surface area contributed by atoms with Crippen molar-refractivity contribution in [1.29, 1.82) is 0 Å². The Kier molecular flexibility index (Phi) is 4.13. The van der Waals surface area contributed by atoms with Gasteiger partial charge in [0.2, 0.25) is 0 Å². The number of aromatic amines is 1. The smallest absolute Gasteiger partial charge is 0.290 e. The number of piperidine rings is 1. The number of thiophene rings is 1. The van der Waals surface area contributed by atoms with E-state index in [9.17, 15) is 4.79 Å². The van der Waals surface area contributed by atoms with Gasteiger partial charge in [-0.15, -0.1) is 0 Å². The molecule has 1 unspecified atom stereocenters. The fourth-order valence-corrected chi connectivity index (χ4v) is 3.23. The van der Waals surface area contributed by atoms with Crippen molar-refractivity contribution in [2.24, 2.45) is 0 Å². The molecule has 0 aliphatic carbocycles. The third-order valence-corrected chi connectivity index (χ3v) is 4.32. The van der Waals surface area contributed by atoms with E-state index in [1.807, 2.05) is 0 Å². The lowest BCUT2D eigenvalue weighted by atomic mass is 10.1. The third kappa shape index (κ3) is 3.08. The van der Waals surface area contributed by atoms with Crippen LogP contribution in [0.3, 0.4) is 0 Å². The van der Waals surface area contributed by atoms with Crippen LogP contribution in [0.25, 0.3) is 0 Å². The van der Waals surface area contributed by atoms with E-state index >= 15 is 0 Å². The van der Waals surface area contributed by atoms with Crippen molar-refractivity contribution in [3.63, 3.8) is 0 Å². The van der Waals surface area contributed by atoms with Gasteiger partial charge in [-0.05, 0) is 35.2 Å². The van der Waals surface area contributed by atoms with Crippen LogP contribution in [0.4, 0.5) is 5.82 Å². The highest BCUT2D eigenvalue weighted by Crippen LogP contribution is 2.15. The van der Waals surface area contributed by atoms with Crippen molar-refractivity contribution in [3.05, 3.63) is 45.1 Å². The minimum absolute atomic E-state index is 0.106. The summed E-state index contributed by atoms with van der Waals surface area (Å²) in [5, 5.41) is 7.83. The van der Waals surface area contributed by atoms with Crippen LogP contribution in [0, 0.1) is 0 Å². The maximum Gasteiger partial charge on any atom is 0.290 e. The highest BCUT2D eigenvalue weighted by molar-refractivity contribution is 7.07. The quantitative estimate of drug-likeness (QED) is 0.898. The van der Waals surface area contributed by atoms with E-state index in [2.05, 4.69) is 37.0 Å². The second-order valence-corrected chi connectivity index (χ2v) is 5.82. The molecule has 1 fully saturated rings. The number of H-pyrrole nitrogens is 1. The Morgan fingerprint density at radius 2 is 2.50 bits per heavy atom. The minimum Gasteiger partial charge on any atom is -0.350 e. The number of anilines is 1. The van der Waals surface area contributed by atoms with Crippen LogP contribution >= 0.6 is 11.3 Å². The zero-order valence-corrected chi connectivity index (χ0v) is 12.0. The molecule has 1 saturated heterocycles. The fourth-order valence-electron chi connectivity index (χ4n) is 2.56. The second kappa shape index (κ2) is 6.19. The van der Waals surface area contributed by atoms with E-state index < -0.39 is 0 Å². The van der Waals surface area contributed by atoms with Gasteiger partial charge in [-0.25, -0.2) is 4.98 Å². The Bertz CT molecular complexity index is 595. The van der Waals surface area contributed by atoms with E-state index in [4.69, 9.17) is 0 Å². The Hall–Kier alpha value is -1.66. The molecule has 2 aromatic heterocycles. The Balaban J connectivity index is 1.62. The molecule has 6 heteroatoms. The molecule has 1 atom stereocenters. The summed E-state index contributed by atoms with van der Waals surface area (Å²) in [5.41, 5.74) is 1.22. The highest BCUT2D eigenvalue weighted by atomic mass is 32.1. The average molecular weight is 290 g/mol. The fraction of sp³-hybridized carbons (Fsp3) is 0.429. The number of hydrogen-bond acceptors (Lipinski definition) is 5. The van der Waals surface area contributed by atoms with Gasteiger partial charge >= 0.3 is 0 Å². The third-order valence-electron chi connectivity index (χ3n) is 3.58. The molecule has 0 spiro atoms. The van der Waals surface area contributed by atoms with Gasteiger partial charge in [-0.2, -0.15) is 11.3 Å². The normalized spacial score (nSPS) is 19.2. The van der Waals surface area contributed by atoms with Crippen LogP contribution in [0.5, 0.6) is 0 Å². The number of rotatable bonds is 4. The van der Waals surface area contributed by atoms with Crippen LogP contribution < -0.4 is 15.8 Å². The van der Waals surface area contributed by atoms with Gasteiger partial charge in [0.05, 0.1) is 0 Å². The van der Waals surface area contributed by atoms with Crippen molar-refractivity contribution in [3.8, 4) is 0 Å². The lowest BCUT2D eigenvalue weighted by Crippen LogP contribution is -2.47. The average Bonchev–Trinajstić information content (AvgIpc) is 2.99. The molecule has 3 rings (SSSR count). The molecule has 20 heavy (non-hydrogen) atoms. The number of nitrogens with zero attached hydrogens (tertiary/aromatic N) is 2. The summed E-state index contributed by atoms with van der Waals surface area (Å²) in [4.78, 5) is 20.8. The predicted octanol–water partition coefficient (Wildman–Crippen LogP) is 1.59. The molecule has 106 valence electrons. The molecule has 2 aromatic rings. The molecule has 0 bridgehead atoms. The lowest BCUT2D eigenvalue weighted by Gasteiger charge is -2.33. The number of nitrogens with one attached hydrogen (secondary N) is 2. The van der Waals surface area contributed by atoms with Crippen molar-refractivity contribution < 1.29 is 0 Å². The van der Waals surface area contributed by atoms with Crippen molar-refractivity contribution in [2.45, 2.75) is 25.4 Å². The summed E-state index contributed by atoms with van der Waals surface area (Å²) >= 11 is 1.72. The topological polar surface area (TPSA) is 61.0 Å². The van der Waals surface area contributed by atoms with E-state index in [0.717, 1.165) is 32.5 Å². The van der Waals surface area contributed by atoms with Crippen molar-refractivity contribution >= 4 is 17.2 Å². The zero-order valence-electron chi connectivity index (χ0n) is 11.2. The molecule has 5 nitrogen and oxygen atoms in total. The molecule has 1 aliphatic heterocycles. The highest BCUT2D eigenvalue weighted by Gasteiger charge is 2.22. The van der Waals surface area contributed by atoms with Gasteiger partial charge in [0.15, 0.2) is 5.82 Å². The molecule has 0 amide bonds. The molecule has 2 N–H and O–H groups in total. The molecule has 1 aliphatic rings. The summed E-state index contributed by atoms with van der Waals surface area (Å²) < 4.78 is 0. The molecular weight excluding hydrogens is 272 g/mol. The summed E-state index contributed by atoms with van der Waals surface area (Å²) in [6.45, 7) is 2.63. The van der Waals surface area contributed by atoms with Crippen LogP contribution in [-0.2, 0) is 6.54 Å². The first kappa shape index (κ1) is 13.3. The summed E-state index contributed by atoms with van der Waals surface area (Å²) in [6, 6.07) is 2.55. The van der Waals surface area contributed by atoms with Crippen molar-refractivity contribution in [2.75, 3.05) is 18.0 Å². The standard InChI is InChI=1S/C14H18N4OS/c19-14-13(15-4-5-16-14)18-6-1-2-12(9-18)17-8-11-3-7-20-10-11/h3-5,7,10,12,17H,1-2,6,8-9H2,(H,16,19). The minimum atomic E-state index is -0.106. The van der Waals surface area contributed by atoms with E-state index in [1.165, 1.54) is 5.56 Å². The number of aromatic nitrogens is 2. The predicted molar refractivity (Wildman–Crippen MR) is 81.3 cm³/mol. The summed E-state index contributed by atoms with van der Waals surface area (Å²) in [7, 11) is 0. The molecule has 3 heterocycles. The Morgan fingerprint density at radius 3 is 3.30 bits per heavy atom. The van der Waals surface area contributed by atoms with E-state index in [-0.39, 0.29) is 5.56 Å². The largest absolute Gasteiger partial charge is 0.350 e. The number of hydrogen-bond donors (Lipinski definition) is 2. The first-order valence-corrected chi connectivity index (χ1v) is 7.80. The maximum atomic E-state index is 11.8. The Morgan fingerprint density at radius 1 is 1.55 bits per heavy atom. The van der Waals surface area contributed by atoms with Gasteiger partial charge in [-0.3, -0.25) is 4.79 Å². The van der Waals surface area contributed by atoms with Gasteiger partial charge < -0.3 is 15.2 Å². The van der Waals surface area contributed by atoms with Crippen LogP contribution in [0.1, 0.15) is 18.4 Å². The van der Waals surface area contributed by atoms with Gasteiger partial charge in [-0.1, -0.05) is 0 Å². The SMILES string of the molecule is O=c1[nH]ccnc1N1CCCC(NCc2ccsc2)C1. The molecule has 0 aromatic carbocycles. The first-order chi connectivity index (χ1) is 9.83. The zero-order chi connectivity index (χ0) is 13.8. The maximum absolute atomic E-state index is 11.8. The first-order valence-electron chi connectivity index (χ1n) is 6.86. The van der Waals surface area contributed by atoms with Gasteiger partial charge in [0.25, 0.3) is 5.56 Å². The second-order valence-electron chi connectivity index (χ2n) is 5.04. The van der Waals surface area contributed by atoms with Gasteiger partial charge in [0, 0.05) is 38.1 Å². The van der Waals surface area contributed by atoms with E-state index in [0.29, 0.717) is 11.9 Å². The summed E-state index contributed by atoms with van der Waals surface area (Å²) in [5.74, 6) is 0.537. The Labute approximate surface area is 121 Å². The van der Waals surface area contributed by atoms with Gasteiger partial charge in [0.1, 0.15) is 0 Å². The molecule has 0 saturated carbocycles. The van der Waals surface area contributed by atoms with Crippen molar-refractivity contribution in [1.82, 2.24) is 15.3 Å². The molecular formula is C14H18N4OS. The van der Waals surface area contributed by atoms with Crippen LogP contribution in [0.2, 0.25) is 0 Å².